The van der Waals surface area contributed by atoms with Gasteiger partial charge in [-0.3, -0.25) is 0 Å². The number of rotatable bonds is 3. The van der Waals surface area contributed by atoms with Crippen LogP contribution in [0, 0.1) is 0 Å². The summed E-state index contributed by atoms with van der Waals surface area (Å²) in [6.45, 7) is 0. The minimum absolute atomic E-state index is 0.0856. The number of benzene rings is 1. The van der Waals surface area contributed by atoms with E-state index < -0.39 is 7.12 Å². The molecule has 0 amide bonds. The second-order valence-electron chi connectivity index (χ2n) is 2.82. The van der Waals surface area contributed by atoms with Gasteiger partial charge in [0.2, 0.25) is 0 Å². The Morgan fingerprint density at radius 2 is 2.13 bits per heavy atom. The summed E-state index contributed by atoms with van der Waals surface area (Å²) in [6, 6.07) is 4.44. The Morgan fingerprint density at radius 1 is 1.47 bits per heavy atom. The molecule has 0 aromatic heterocycles. The number of nitrogens with zero attached hydrogens (tertiary/aromatic N) is 1. The standard InChI is InChI=1S/C8H9BCl2N2O2/c10-4-8(12)13-7-3-5(9(14)15)1-2-6(7)11/h1-3,14-15H,4H2,(H2,12,13). The highest BCUT2D eigenvalue weighted by Crippen LogP contribution is 2.22. The number of amidine groups is 1. The number of hydrogen-bond acceptors (Lipinski definition) is 3. The van der Waals surface area contributed by atoms with Crippen LogP contribution in [-0.2, 0) is 0 Å². The normalized spacial score (nSPS) is 11.6. The van der Waals surface area contributed by atoms with Gasteiger partial charge >= 0.3 is 7.12 Å². The van der Waals surface area contributed by atoms with Gasteiger partial charge < -0.3 is 15.8 Å². The zero-order chi connectivity index (χ0) is 11.4. The van der Waals surface area contributed by atoms with E-state index in [1.165, 1.54) is 18.2 Å². The highest BCUT2D eigenvalue weighted by molar-refractivity contribution is 6.58. The third-order valence-corrected chi connectivity index (χ3v) is 2.26. The van der Waals surface area contributed by atoms with Crippen molar-refractivity contribution in [3.8, 4) is 0 Å². The first kappa shape index (κ1) is 12.3. The maximum Gasteiger partial charge on any atom is 0.488 e. The molecule has 0 bridgehead atoms. The second kappa shape index (κ2) is 5.37. The van der Waals surface area contributed by atoms with Gasteiger partial charge in [0, 0.05) is 0 Å². The smallest absolute Gasteiger partial charge is 0.423 e. The molecule has 1 aromatic rings. The molecule has 0 heterocycles. The summed E-state index contributed by atoms with van der Waals surface area (Å²) in [5, 5.41) is 18.2. The summed E-state index contributed by atoms with van der Waals surface area (Å²) in [6.07, 6.45) is 0. The summed E-state index contributed by atoms with van der Waals surface area (Å²) in [7, 11) is -1.56. The maximum absolute atomic E-state index is 8.94. The predicted molar refractivity (Wildman–Crippen MR) is 63.3 cm³/mol. The van der Waals surface area contributed by atoms with Crippen molar-refractivity contribution in [1.82, 2.24) is 0 Å². The fourth-order valence-electron chi connectivity index (χ4n) is 0.961. The van der Waals surface area contributed by atoms with Crippen molar-refractivity contribution in [3.05, 3.63) is 23.2 Å². The number of aliphatic imine (C=N–C) groups is 1. The minimum Gasteiger partial charge on any atom is -0.423 e. The molecule has 7 heteroatoms. The topological polar surface area (TPSA) is 78.8 Å². The minimum atomic E-state index is -1.56. The molecule has 4 N–H and O–H groups in total. The highest BCUT2D eigenvalue weighted by atomic mass is 35.5. The van der Waals surface area contributed by atoms with E-state index in [1.54, 1.807) is 0 Å². The molecule has 0 saturated carbocycles. The van der Waals surface area contributed by atoms with Crippen LogP contribution in [0.1, 0.15) is 0 Å². The second-order valence-corrected chi connectivity index (χ2v) is 3.50. The molecule has 0 atom stereocenters. The third kappa shape index (κ3) is 3.39. The van der Waals surface area contributed by atoms with E-state index in [0.29, 0.717) is 16.2 Å². The van der Waals surface area contributed by atoms with Crippen LogP contribution in [0.25, 0.3) is 0 Å². The average Bonchev–Trinajstić information content (AvgIpc) is 2.20. The maximum atomic E-state index is 8.94. The zero-order valence-corrected chi connectivity index (χ0v) is 9.20. The molecule has 0 saturated heterocycles. The molecular weight excluding hydrogens is 238 g/mol. The summed E-state index contributed by atoms with van der Waals surface area (Å²) >= 11 is 11.3. The van der Waals surface area contributed by atoms with Crippen LogP contribution in [0.4, 0.5) is 5.69 Å². The molecule has 4 nitrogen and oxygen atoms in total. The van der Waals surface area contributed by atoms with Gasteiger partial charge in [-0.15, -0.1) is 11.6 Å². The van der Waals surface area contributed by atoms with E-state index in [2.05, 4.69) is 4.99 Å². The first-order valence-electron chi connectivity index (χ1n) is 4.09. The third-order valence-electron chi connectivity index (χ3n) is 1.67. The Kier molecular flexibility index (Phi) is 4.41. The molecule has 1 rings (SSSR count). The Bertz CT molecular complexity index is 385. The molecule has 0 aliphatic carbocycles. The molecule has 0 aliphatic heterocycles. The van der Waals surface area contributed by atoms with Crippen LogP contribution >= 0.6 is 23.2 Å². The molecule has 0 spiro atoms. The lowest BCUT2D eigenvalue weighted by Crippen LogP contribution is -2.29. The van der Waals surface area contributed by atoms with E-state index in [1.807, 2.05) is 0 Å². The summed E-state index contributed by atoms with van der Waals surface area (Å²) < 4.78 is 0. The fraction of sp³-hybridized carbons (Fsp3) is 0.125. The van der Waals surface area contributed by atoms with Gasteiger partial charge in [-0.1, -0.05) is 17.7 Å². The van der Waals surface area contributed by atoms with Crippen molar-refractivity contribution in [3.63, 3.8) is 0 Å². The fourth-order valence-corrected chi connectivity index (χ4v) is 1.18. The monoisotopic (exact) mass is 246 g/mol. The quantitative estimate of drug-likeness (QED) is 0.310. The molecule has 1 aromatic carbocycles. The van der Waals surface area contributed by atoms with Crippen molar-refractivity contribution in [2.45, 2.75) is 0 Å². The largest absolute Gasteiger partial charge is 0.488 e. The van der Waals surface area contributed by atoms with Crippen LogP contribution in [0.3, 0.4) is 0 Å². The molecular formula is C8H9BCl2N2O2. The first-order valence-corrected chi connectivity index (χ1v) is 5.00. The van der Waals surface area contributed by atoms with Gasteiger partial charge in [0.05, 0.1) is 16.6 Å². The van der Waals surface area contributed by atoms with Crippen LogP contribution in [0.5, 0.6) is 0 Å². The molecule has 0 radical (unpaired) electrons. The van der Waals surface area contributed by atoms with Crippen molar-refractivity contribution in [2.75, 3.05) is 5.88 Å². The first-order chi connectivity index (χ1) is 7.04. The molecule has 0 unspecified atom stereocenters. The van der Waals surface area contributed by atoms with Gasteiger partial charge in [-0.25, -0.2) is 4.99 Å². The predicted octanol–water partition coefficient (Wildman–Crippen LogP) is 0.247. The Hall–Kier alpha value is -0.745. The van der Waals surface area contributed by atoms with Crippen LogP contribution in [0.2, 0.25) is 5.02 Å². The van der Waals surface area contributed by atoms with Crippen molar-refractivity contribution in [1.29, 1.82) is 0 Å². The van der Waals surface area contributed by atoms with Crippen LogP contribution < -0.4 is 11.2 Å². The number of hydrogen-bond donors (Lipinski definition) is 3. The van der Waals surface area contributed by atoms with Crippen LogP contribution in [0.15, 0.2) is 23.2 Å². The average molecular weight is 247 g/mol. The lowest BCUT2D eigenvalue weighted by Gasteiger charge is -2.03. The lowest BCUT2D eigenvalue weighted by atomic mass is 9.80. The van der Waals surface area contributed by atoms with Crippen molar-refractivity contribution < 1.29 is 10.0 Å². The lowest BCUT2D eigenvalue weighted by molar-refractivity contribution is 0.426. The molecule has 0 aliphatic rings. The Labute approximate surface area is 97.5 Å². The number of halogens is 2. The zero-order valence-electron chi connectivity index (χ0n) is 7.69. The van der Waals surface area contributed by atoms with Crippen molar-refractivity contribution in [2.24, 2.45) is 10.7 Å². The molecule has 80 valence electrons. The summed E-state index contributed by atoms with van der Waals surface area (Å²) in [5.41, 5.74) is 6.09. The summed E-state index contributed by atoms with van der Waals surface area (Å²) in [5.74, 6) is 0.297. The van der Waals surface area contributed by atoms with E-state index in [9.17, 15) is 0 Å². The van der Waals surface area contributed by atoms with E-state index in [4.69, 9.17) is 39.0 Å². The van der Waals surface area contributed by atoms with E-state index in [0.717, 1.165) is 0 Å². The molecule has 15 heavy (non-hydrogen) atoms. The molecule has 0 fully saturated rings. The SMILES string of the molecule is NC(CCl)=Nc1cc(B(O)O)ccc1Cl. The number of nitrogens with two attached hydrogens (primary N) is 1. The summed E-state index contributed by atoms with van der Waals surface area (Å²) in [4.78, 5) is 3.93. The van der Waals surface area contributed by atoms with E-state index in [-0.39, 0.29) is 11.7 Å². The number of alkyl halides is 1. The Balaban J connectivity index is 3.11. The van der Waals surface area contributed by atoms with Crippen LogP contribution in [-0.4, -0.2) is 28.9 Å². The van der Waals surface area contributed by atoms with E-state index >= 15 is 0 Å². The highest BCUT2D eigenvalue weighted by Gasteiger charge is 2.12. The van der Waals surface area contributed by atoms with Gasteiger partial charge in [-0.2, -0.15) is 0 Å². The van der Waals surface area contributed by atoms with Gasteiger partial charge in [0.25, 0.3) is 0 Å². The van der Waals surface area contributed by atoms with Gasteiger partial charge in [0.15, 0.2) is 0 Å². The van der Waals surface area contributed by atoms with Crippen molar-refractivity contribution >= 4 is 47.3 Å². The van der Waals surface area contributed by atoms with Gasteiger partial charge in [-0.05, 0) is 17.6 Å². The van der Waals surface area contributed by atoms with Gasteiger partial charge in [0.1, 0.15) is 5.84 Å². The Morgan fingerprint density at radius 3 is 2.67 bits per heavy atom.